The highest BCUT2D eigenvalue weighted by atomic mass is 79.9. The topological polar surface area (TPSA) is 55.8 Å². The maximum absolute atomic E-state index is 13.9. The Labute approximate surface area is 125 Å². The number of benzene rings is 1. The minimum Gasteiger partial charge on any atom is -0.377 e. The summed E-state index contributed by atoms with van der Waals surface area (Å²) < 4.78 is 50.8. The molecule has 20 heavy (non-hydrogen) atoms. The lowest BCUT2D eigenvalue weighted by molar-refractivity contribution is -0.00461. The van der Waals surface area contributed by atoms with Gasteiger partial charge in [-0.05, 0) is 18.2 Å². The third-order valence-electron chi connectivity index (χ3n) is 3.30. The van der Waals surface area contributed by atoms with Gasteiger partial charge in [-0.2, -0.15) is 4.31 Å². The second kappa shape index (κ2) is 6.07. The van der Waals surface area contributed by atoms with E-state index in [1.807, 2.05) is 0 Å². The van der Waals surface area contributed by atoms with Gasteiger partial charge in [0, 0.05) is 31.8 Å². The number of nitrogens with zero attached hydrogens (tertiary/aromatic N) is 1. The van der Waals surface area contributed by atoms with Crippen molar-refractivity contribution in [2.24, 2.45) is 0 Å². The van der Waals surface area contributed by atoms with Crippen molar-refractivity contribution in [2.45, 2.75) is 17.1 Å². The molecule has 0 radical (unpaired) electrons. The van der Waals surface area contributed by atoms with E-state index >= 15 is 0 Å². The Morgan fingerprint density at radius 1 is 1.25 bits per heavy atom. The van der Waals surface area contributed by atoms with Crippen LogP contribution in [0.4, 0.5) is 4.39 Å². The maximum atomic E-state index is 13.9. The first kappa shape index (κ1) is 15.8. The van der Waals surface area contributed by atoms with Gasteiger partial charge < -0.3 is 9.47 Å². The Bertz CT molecular complexity index is 583. The van der Waals surface area contributed by atoms with Crippen LogP contribution in [-0.4, -0.2) is 52.2 Å². The largest absolute Gasteiger partial charge is 0.377 e. The Kier molecular flexibility index (Phi) is 4.80. The van der Waals surface area contributed by atoms with E-state index in [9.17, 15) is 12.8 Å². The van der Waals surface area contributed by atoms with Crippen molar-refractivity contribution in [3.8, 4) is 0 Å². The first-order valence-electron chi connectivity index (χ1n) is 5.91. The predicted octanol–water partition coefficient (Wildman–Crippen LogP) is 1.62. The van der Waals surface area contributed by atoms with Crippen LogP contribution < -0.4 is 0 Å². The average molecular weight is 368 g/mol. The van der Waals surface area contributed by atoms with E-state index in [0.29, 0.717) is 4.47 Å². The van der Waals surface area contributed by atoms with Gasteiger partial charge in [0.25, 0.3) is 0 Å². The van der Waals surface area contributed by atoms with Gasteiger partial charge in [0.1, 0.15) is 10.7 Å². The van der Waals surface area contributed by atoms with Crippen molar-refractivity contribution in [2.75, 3.05) is 27.3 Å². The molecule has 0 N–H and O–H groups in total. The van der Waals surface area contributed by atoms with Crippen LogP contribution in [0.15, 0.2) is 27.6 Å². The fourth-order valence-electron chi connectivity index (χ4n) is 2.18. The van der Waals surface area contributed by atoms with E-state index in [2.05, 4.69) is 15.9 Å². The molecule has 2 rings (SSSR count). The average Bonchev–Trinajstić information content (AvgIpc) is 2.82. The number of sulfonamides is 1. The summed E-state index contributed by atoms with van der Waals surface area (Å²) in [4.78, 5) is -0.340. The number of ether oxygens (including phenoxy) is 2. The van der Waals surface area contributed by atoms with Crippen molar-refractivity contribution in [3.63, 3.8) is 0 Å². The first-order valence-corrected chi connectivity index (χ1v) is 8.14. The van der Waals surface area contributed by atoms with E-state index < -0.39 is 15.8 Å². The molecule has 1 fully saturated rings. The van der Waals surface area contributed by atoms with Crippen LogP contribution in [-0.2, 0) is 19.5 Å². The molecular weight excluding hydrogens is 353 g/mol. The molecule has 5 nitrogen and oxygen atoms in total. The number of hydrogen-bond acceptors (Lipinski definition) is 4. The molecule has 1 aliphatic heterocycles. The third-order valence-corrected chi connectivity index (χ3v) is 5.66. The van der Waals surface area contributed by atoms with Crippen molar-refractivity contribution in [1.29, 1.82) is 0 Å². The molecule has 1 aromatic rings. The van der Waals surface area contributed by atoms with Gasteiger partial charge >= 0.3 is 0 Å². The van der Waals surface area contributed by atoms with E-state index in [0.717, 1.165) is 6.07 Å². The van der Waals surface area contributed by atoms with E-state index in [4.69, 9.17) is 9.47 Å². The molecule has 0 bridgehead atoms. The van der Waals surface area contributed by atoms with Gasteiger partial charge in [0.15, 0.2) is 0 Å². The third kappa shape index (κ3) is 2.89. The summed E-state index contributed by atoms with van der Waals surface area (Å²) in [7, 11) is -0.909. The molecule has 0 saturated carbocycles. The van der Waals surface area contributed by atoms with Crippen LogP contribution in [0.25, 0.3) is 0 Å². The SMILES string of the molecule is COC1CN(S(=O)(=O)c2ccc(Br)cc2F)CC1OC. The molecule has 0 aliphatic carbocycles. The molecule has 1 heterocycles. The van der Waals surface area contributed by atoms with Crippen LogP contribution in [0.5, 0.6) is 0 Å². The maximum Gasteiger partial charge on any atom is 0.246 e. The summed E-state index contributed by atoms with van der Waals surface area (Å²) >= 11 is 3.10. The van der Waals surface area contributed by atoms with Crippen LogP contribution in [0.1, 0.15) is 0 Å². The number of hydrogen-bond donors (Lipinski definition) is 0. The van der Waals surface area contributed by atoms with Crippen LogP contribution >= 0.6 is 15.9 Å². The minimum absolute atomic E-state index is 0.146. The van der Waals surface area contributed by atoms with Crippen molar-refractivity contribution in [3.05, 3.63) is 28.5 Å². The summed E-state index contributed by atoms with van der Waals surface area (Å²) in [6.07, 6.45) is -0.707. The quantitative estimate of drug-likeness (QED) is 0.811. The number of methoxy groups -OCH3 is 2. The van der Waals surface area contributed by atoms with Crippen molar-refractivity contribution >= 4 is 26.0 Å². The van der Waals surface area contributed by atoms with Crippen LogP contribution in [0.3, 0.4) is 0 Å². The Hall–Kier alpha value is -0.540. The summed E-state index contributed by atoms with van der Waals surface area (Å²) in [5.74, 6) is -0.783. The number of halogens is 2. The Morgan fingerprint density at radius 3 is 2.25 bits per heavy atom. The molecule has 1 aromatic carbocycles. The van der Waals surface area contributed by atoms with Gasteiger partial charge in [-0.1, -0.05) is 15.9 Å². The molecule has 2 unspecified atom stereocenters. The smallest absolute Gasteiger partial charge is 0.246 e. The highest BCUT2D eigenvalue weighted by molar-refractivity contribution is 9.10. The highest BCUT2D eigenvalue weighted by Gasteiger charge is 2.40. The second-order valence-electron chi connectivity index (χ2n) is 4.45. The molecule has 1 saturated heterocycles. The minimum atomic E-state index is -3.89. The zero-order chi connectivity index (χ0) is 14.9. The van der Waals surface area contributed by atoms with Gasteiger partial charge in [-0.3, -0.25) is 0 Å². The Balaban J connectivity index is 2.32. The molecule has 112 valence electrons. The van der Waals surface area contributed by atoms with Gasteiger partial charge in [-0.25, -0.2) is 12.8 Å². The predicted molar refractivity (Wildman–Crippen MR) is 74.5 cm³/mol. The van der Waals surface area contributed by atoms with Crippen molar-refractivity contribution < 1.29 is 22.3 Å². The van der Waals surface area contributed by atoms with Crippen molar-refractivity contribution in [1.82, 2.24) is 4.31 Å². The standard InChI is InChI=1S/C12H15BrFNO4S/c1-18-10-6-15(7-11(10)19-2)20(16,17)12-4-3-8(13)5-9(12)14/h3-5,10-11H,6-7H2,1-2H3. The van der Waals surface area contributed by atoms with E-state index in [1.54, 1.807) is 0 Å². The van der Waals surface area contributed by atoms with Gasteiger partial charge in [0.2, 0.25) is 10.0 Å². The fourth-order valence-corrected chi connectivity index (χ4v) is 4.03. The molecule has 0 spiro atoms. The fraction of sp³-hybridized carbons (Fsp3) is 0.500. The molecule has 8 heteroatoms. The zero-order valence-corrected chi connectivity index (χ0v) is 13.4. The molecule has 1 aliphatic rings. The summed E-state index contributed by atoms with van der Waals surface area (Å²) in [5, 5.41) is 0. The summed E-state index contributed by atoms with van der Waals surface area (Å²) in [5.41, 5.74) is 0. The zero-order valence-electron chi connectivity index (χ0n) is 11.0. The van der Waals surface area contributed by atoms with E-state index in [1.165, 1.54) is 30.7 Å². The monoisotopic (exact) mass is 367 g/mol. The van der Waals surface area contributed by atoms with Crippen LogP contribution in [0, 0.1) is 5.82 Å². The molecule has 0 amide bonds. The normalized spacial score (nSPS) is 24.2. The number of rotatable bonds is 4. The van der Waals surface area contributed by atoms with Gasteiger partial charge in [-0.15, -0.1) is 0 Å². The Morgan fingerprint density at radius 2 is 1.80 bits per heavy atom. The lowest BCUT2D eigenvalue weighted by atomic mass is 10.3. The van der Waals surface area contributed by atoms with Crippen LogP contribution in [0.2, 0.25) is 0 Å². The lowest BCUT2D eigenvalue weighted by Crippen LogP contribution is -2.30. The summed E-state index contributed by atoms with van der Waals surface area (Å²) in [6, 6.07) is 3.87. The molecule has 0 aromatic heterocycles. The second-order valence-corrected chi connectivity index (χ2v) is 7.27. The molecular formula is C12H15BrFNO4S. The summed E-state index contributed by atoms with van der Waals surface area (Å²) in [6.45, 7) is 0.291. The van der Waals surface area contributed by atoms with E-state index in [-0.39, 0.29) is 30.2 Å². The highest BCUT2D eigenvalue weighted by Crippen LogP contribution is 2.27. The van der Waals surface area contributed by atoms with Gasteiger partial charge in [0.05, 0.1) is 12.2 Å². The first-order chi connectivity index (χ1) is 9.40. The lowest BCUT2D eigenvalue weighted by Gasteiger charge is -2.16. The molecule has 2 atom stereocenters.